The molecule has 1 aromatic carbocycles. The number of nitrogens with zero attached hydrogens (tertiary/aromatic N) is 1. The summed E-state index contributed by atoms with van der Waals surface area (Å²) in [5.41, 5.74) is 4.81. The van der Waals surface area contributed by atoms with E-state index in [0.29, 0.717) is 5.41 Å². The molecule has 2 aliphatic rings. The van der Waals surface area contributed by atoms with Crippen molar-refractivity contribution in [2.45, 2.75) is 31.1 Å². The van der Waals surface area contributed by atoms with Crippen LogP contribution in [-0.4, -0.2) is 10.2 Å². The van der Waals surface area contributed by atoms with E-state index in [4.69, 9.17) is 0 Å². The highest BCUT2D eigenvalue weighted by atomic mass is 79.9. The first-order valence-corrected chi connectivity index (χ1v) is 6.24. The van der Waals surface area contributed by atoms with Crippen LogP contribution in [0.15, 0.2) is 16.7 Å². The largest absolute Gasteiger partial charge is 0.278 e. The summed E-state index contributed by atoms with van der Waals surface area (Å²) in [7, 11) is 0. The molecule has 0 atom stereocenters. The van der Waals surface area contributed by atoms with Crippen LogP contribution >= 0.6 is 15.9 Å². The van der Waals surface area contributed by atoms with Crippen LogP contribution in [-0.2, 0) is 11.8 Å². The number of hydrogen-bond acceptors (Lipinski definition) is 1. The zero-order chi connectivity index (χ0) is 10.0. The second kappa shape index (κ2) is 2.46. The van der Waals surface area contributed by atoms with Gasteiger partial charge in [-0.05, 0) is 64.2 Å². The molecular weight excluding hydrogens is 252 g/mol. The lowest BCUT2D eigenvalue weighted by Gasteiger charge is -2.11. The van der Waals surface area contributed by atoms with E-state index in [1.54, 1.807) is 5.56 Å². The van der Waals surface area contributed by atoms with Crippen molar-refractivity contribution in [3.05, 3.63) is 27.9 Å². The van der Waals surface area contributed by atoms with Crippen LogP contribution in [0, 0.1) is 0 Å². The maximum atomic E-state index is 4.12. The van der Waals surface area contributed by atoms with Gasteiger partial charge in [-0.3, -0.25) is 5.10 Å². The van der Waals surface area contributed by atoms with Crippen molar-refractivity contribution < 1.29 is 0 Å². The predicted octanol–water partition coefficient (Wildman–Crippen LogP) is 3.30. The third kappa shape index (κ3) is 0.924. The fraction of sp³-hybridized carbons (Fsp3) is 0.417. The Morgan fingerprint density at radius 2 is 2.20 bits per heavy atom. The molecule has 0 bridgehead atoms. The maximum Gasteiger partial charge on any atom is 0.0664 e. The Hall–Kier alpha value is -0.830. The van der Waals surface area contributed by atoms with Gasteiger partial charge in [0.1, 0.15) is 0 Å². The van der Waals surface area contributed by atoms with Crippen LogP contribution in [0.2, 0.25) is 0 Å². The monoisotopic (exact) mass is 262 g/mol. The fourth-order valence-corrected chi connectivity index (χ4v) is 4.01. The van der Waals surface area contributed by atoms with Crippen LogP contribution < -0.4 is 0 Å². The summed E-state index contributed by atoms with van der Waals surface area (Å²) in [5, 5.41) is 8.41. The van der Waals surface area contributed by atoms with Crippen molar-refractivity contribution in [2.24, 2.45) is 0 Å². The van der Waals surface area contributed by atoms with Crippen molar-refractivity contribution in [1.82, 2.24) is 10.2 Å². The lowest BCUT2D eigenvalue weighted by atomic mass is 9.97. The number of aromatic nitrogens is 2. The molecule has 1 saturated carbocycles. The Morgan fingerprint density at radius 3 is 3.00 bits per heavy atom. The first kappa shape index (κ1) is 8.34. The van der Waals surface area contributed by atoms with Crippen molar-refractivity contribution in [2.75, 3.05) is 0 Å². The van der Waals surface area contributed by atoms with Gasteiger partial charge in [0.2, 0.25) is 0 Å². The minimum Gasteiger partial charge on any atom is -0.278 e. The predicted molar refractivity (Wildman–Crippen MR) is 63.0 cm³/mol. The Labute approximate surface area is 96.2 Å². The highest BCUT2D eigenvalue weighted by Gasteiger charge is 2.49. The van der Waals surface area contributed by atoms with Gasteiger partial charge >= 0.3 is 0 Å². The van der Waals surface area contributed by atoms with Gasteiger partial charge in [-0.1, -0.05) is 0 Å². The number of nitrogens with one attached hydrogen (secondary N) is 1. The maximum absolute atomic E-state index is 4.12. The molecule has 1 spiro atoms. The van der Waals surface area contributed by atoms with Crippen molar-refractivity contribution in [3.8, 4) is 0 Å². The number of aryl methyl sites for hydroxylation is 1. The minimum absolute atomic E-state index is 0.541. The Kier molecular flexibility index (Phi) is 1.37. The zero-order valence-electron chi connectivity index (χ0n) is 8.31. The Balaban J connectivity index is 2.14. The SMILES string of the molecule is Brc1c2c(cc3[nH]ncc13)CCC21CC1. The topological polar surface area (TPSA) is 28.7 Å². The van der Waals surface area contributed by atoms with Gasteiger partial charge in [-0.15, -0.1) is 0 Å². The van der Waals surface area contributed by atoms with Crippen molar-refractivity contribution >= 4 is 26.8 Å². The van der Waals surface area contributed by atoms with Gasteiger partial charge in [0.05, 0.1) is 11.7 Å². The smallest absolute Gasteiger partial charge is 0.0664 e. The summed E-state index contributed by atoms with van der Waals surface area (Å²) in [6.07, 6.45) is 7.27. The minimum atomic E-state index is 0.541. The highest BCUT2D eigenvalue weighted by Crippen LogP contribution is 2.59. The molecule has 0 amide bonds. The molecule has 2 aromatic rings. The number of H-pyrrole nitrogens is 1. The lowest BCUT2D eigenvalue weighted by Crippen LogP contribution is -2.00. The lowest BCUT2D eigenvalue weighted by molar-refractivity contribution is 0.679. The molecule has 0 saturated heterocycles. The highest BCUT2D eigenvalue weighted by molar-refractivity contribution is 9.10. The first-order chi connectivity index (χ1) is 7.30. The van der Waals surface area contributed by atoms with Crippen LogP contribution in [0.3, 0.4) is 0 Å². The van der Waals surface area contributed by atoms with E-state index >= 15 is 0 Å². The number of aromatic amines is 1. The molecular formula is C12H11BrN2. The summed E-state index contributed by atoms with van der Waals surface area (Å²) < 4.78 is 1.29. The zero-order valence-corrected chi connectivity index (χ0v) is 9.89. The van der Waals surface area contributed by atoms with E-state index < -0.39 is 0 Å². The van der Waals surface area contributed by atoms with E-state index in [-0.39, 0.29) is 0 Å². The van der Waals surface area contributed by atoms with Crippen molar-refractivity contribution in [1.29, 1.82) is 0 Å². The summed E-state index contributed by atoms with van der Waals surface area (Å²) in [6.45, 7) is 0. The molecule has 76 valence electrons. The normalized spacial score (nSPS) is 21.1. The average Bonchev–Trinajstić information content (AvgIpc) is 2.71. The summed E-state index contributed by atoms with van der Waals surface area (Å²) in [4.78, 5) is 0. The molecule has 1 aromatic heterocycles. The Bertz CT molecular complexity index is 566. The van der Waals surface area contributed by atoms with Gasteiger partial charge in [-0.25, -0.2) is 0 Å². The van der Waals surface area contributed by atoms with Crippen LogP contribution in [0.25, 0.3) is 10.9 Å². The molecule has 3 heteroatoms. The molecule has 0 aliphatic heterocycles. The number of rotatable bonds is 0. The molecule has 15 heavy (non-hydrogen) atoms. The van der Waals surface area contributed by atoms with Gasteiger partial charge in [0, 0.05) is 9.86 Å². The summed E-state index contributed by atoms with van der Waals surface area (Å²) in [5.74, 6) is 0. The third-order valence-corrected chi connectivity index (χ3v) is 4.84. The van der Waals surface area contributed by atoms with Crippen LogP contribution in [0.1, 0.15) is 30.4 Å². The molecule has 1 heterocycles. The van der Waals surface area contributed by atoms with E-state index in [1.807, 2.05) is 6.20 Å². The fourth-order valence-electron chi connectivity index (χ4n) is 3.02. The molecule has 0 radical (unpaired) electrons. The molecule has 0 unspecified atom stereocenters. The van der Waals surface area contributed by atoms with E-state index in [0.717, 1.165) is 0 Å². The number of benzene rings is 1. The van der Waals surface area contributed by atoms with Crippen LogP contribution in [0.4, 0.5) is 0 Å². The Morgan fingerprint density at radius 1 is 1.33 bits per heavy atom. The average molecular weight is 263 g/mol. The standard InChI is InChI=1S/C12H11BrN2/c13-11-8-6-14-15-9(8)5-7-1-2-12(3-4-12)10(7)11/h5-6H,1-4H2,(H,14,15). The van der Waals surface area contributed by atoms with E-state index in [9.17, 15) is 0 Å². The third-order valence-electron chi connectivity index (χ3n) is 4.02. The molecule has 2 nitrogen and oxygen atoms in total. The van der Waals surface area contributed by atoms with Gasteiger partial charge in [0.25, 0.3) is 0 Å². The first-order valence-electron chi connectivity index (χ1n) is 5.45. The quantitative estimate of drug-likeness (QED) is 0.776. The van der Waals surface area contributed by atoms with E-state index in [1.165, 1.54) is 46.6 Å². The second-order valence-electron chi connectivity index (χ2n) is 4.84. The molecule has 1 N–H and O–H groups in total. The van der Waals surface area contributed by atoms with Crippen molar-refractivity contribution in [3.63, 3.8) is 0 Å². The van der Waals surface area contributed by atoms with Gasteiger partial charge < -0.3 is 0 Å². The van der Waals surface area contributed by atoms with Gasteiger partial charge in [-0.2, -0.15) is 5.10 Å². The summed E-state index contributed by atoms with van der Waals surface area (Å²) in [6, 6.07) is 2.29. The molecule has 4 rings (SSSR count). The molecule has 1 fully saturated rings. The number of hydrogen-bond donors (Lipinski definition) is 1. The van der Waals surface area contributed by atoms with Crippen LogP contribution in [0.5, 0.6) is 0 Å². The summed E-state index contributed by atoms with van der Waals surface area (Å²) >= 11 is 3.77. The second-order valence-corrected chi connectivity index (χ2v) is 5.63. The van der Waals surface area contributed by atoms with Gasteiger partial charge in [0.15, 0.2) is 0 Å². The number of fused-ring (bicyclic) bond motifs is 3. The van der Waals surface area contributed by atoms with E-state index in [2.05, 4.69) is 32.2 Å². The molecule has 2 aliphatic carbocycles. The number of halogens is 1.